The van der Waals surface area contributed by atoms with Gasteiger partial charge in [-0.2, -0.15) is 5.26 Å². The Bertz CT molecular complexity index is 2170. The summed E-state index contributed by atoms with van der Waals surface area (Å²) in [6.45, 7) is 17.0. The number of nitriles is 1. The third kappa shape index (κ3) is 6.95. The summed E-state index contributed by atoms with van der Waals surface area (Å²) in [5.41, 5.74) is 1.94. The zero-order valence-corrected chi connectivity index (χ0v) is 35.3. The van der Waals surface area contributed by atoms with Crippen molar-refractivity contribution >= 4 is 40.9 Å². The monoisotopic (exact) mass is 819 g/mol. The molecule has 4 heterocycles. The molecule has 4 aliphatic heterocycles. The van der Waals surface area contributed by atoms with Crippen molar-refractivity contribution in [2.45, 2.75) is 84.2 Å². The molecule has 12 nitrogen and oxygen atoms in total. The molecule has 3 saturated heterocycles. The van der Waals surface area contributed by atoms with Gasteiger partial charge in [-0.05, 0) is 80.1 Å². The minimum absolute atomic E-state index is 0.109. The van der Waals surface area contributed by atoms with E-state index in [0.717, 1.165) is 69.9 Å². The number of halogens is 1. The van der Waals surface area contributed by atoms with Crippen LogP contribution in [0.2, 0.25) is 5.02 Å². The maximum Gasteiger partial charge on any atom is 0.255 e. The Hall–Kier alpha value is -4.96. The molecule has 0 radical (unpaired) electrons. The highest BCUT2D eigenvalue weighted by atomic mass is 35.5. The van der Waals surface area contributed by atoms with E-state index in [1.807, 2.05) is 49.4 Å². The number of hydrogen-bond acceptors (Lipinski definition) is 9. The van der Waals surface area contributed by atoms with Crippen LogP contribution in [0, 0.1) is 28.1 Å². The van der Waals surface area contributed by atoms with E-state index in [4.69, 9.17) is 16.3 Å². The summed E-state index contributed by atoms with van der Waals surface area (Å²) in [6.07, 6.45) is 2.33. The van der Waals surface area contributed by atoms with Gasteiger partial charge in [0.15, 0.2) is 0 Å². The second-order valence-electron chi connectivity index (χ2n) is 18.1. The van der Waals surface area contributed by atoms with Gasteiger partial charge in [0.25, 0.3) is 11.8 Å². The molecule has 0 unspecified atom stereocenters. The van der Waals surface area contributed by atoms with Crippen LogP contribution < -0.4 is 20.3 Å². The van der Waals surface area contributed by atoms with Gasteiger partial charge in [-0.25, -0.2) is 0 Å². The van der Waals surface area contributed by atoms with Crippen molar-refractivity contribution in [2.75, 3.05) is 50.7 Å². The first kappa shape index (κ1) is 40.8. The van der Waals surface area contributed by atoms with Crippen molar-refractivity contribution in [1.82, 2.24) is 25.3 Å². The van der Waals surface area contributed by atoms with Crippen molar-refractivity contribution in [3.8, 4) is 11.8 Å². The van der Waals surface area contributed by atoms with Crippen LogP contribution >= 0.6 is 11.6 Å². The Morgan fingerprint density at radius 1 is 0.915 bits per heavy atom. The molecule has 13 heteroatoms. The SMILES string of the molecule is C[C@@H]1c2cc(N3CCN(CC4CCN(C5(NC(=O)c6ccccc6)C(C)(C)C(Oc6ccc(C#N)c(Cl)c6)C5(C)C)CC4)CC3)ccc2C(=O)N1[C@@H]1CCC(=O)NC1=O. The van der Waals surface area contributed by atoms with Gasteiger partial charge < -0.3 is 19.9 Å². The summed E-state index contributed by atoms with van der Waals surface area (Å²) in [5.74, 6) is 0.167. The highest BCUT2D eigenvalue weighted by Gasteiger charge is 2.76. The van der Waals surface area contributed by atoms with Gasteiger partial charge in [-0.1, -0.05) is 57.5 Å². The van der Waals surface area contributed by atoms with Crippen LogP contribution in [0.1, 0.15) is 98.2 Å². The molecule has 4 fully saturated rings. The molecule has 2 N–H and O–H groups in total. The van der Waals surface area contributed by atoms with Gasteiger partial charge in [0.05, 0.1) is 16.6 Å². The van der Waals surface area contributed by atoms with Gasteiger partial charge in [0, 0.05) is 85.9 Å². The average Bonchev–Trinajstić information content (AvgIpc) is 3.47. The molecule has 1 saturated carbocycles. The molecule has 59 heavy (non-hydrogen) atoms. The number of likely N-dealkylation sites (tertiary alicyclic amines) is 1. The molecule has 3 aromatic carbocycles. The number of carbonyl (C=O) groups is 4. The van der Waals surface area contributed by atoms with Gasteiger partial charge in [-0.15, -0.1) is 0 Å². The zero-order chi connectivity index (χ0) is 41.9. The second kappa shape index (κ2) is 15.6. The van der Waals surface area contributed by atoms with E-state index in [9.17, 15) is 24.4 Å². The van der Waals surface area contributed by atoms with E-state index in [1.165, 1.54) is 0 Å². The van der Waals surface area contributed by atoms with Gasteiger partial charge >= 0.3 is 0 Å². The smallest absolute Gasteiger partial charge is 0.255 e. The van der Waals surface area contributed by atoms with Crippen LogP contribution in [0.3, 0.4) is 0 Å². The fraction of sp³-hybridized carbons (Fsp3) is 0.500. The molecule has 8 rings (SSSR count). The van der Waals surface area contributed by atoms with Crippen LogP contribution in [0.4, 0.5) is 5.69 Å². The van der Waals surface area contributed by atoms with E-state index < -0.39 is 28.4 Å². The lowest BCUT2D eigenvalue weighted by Crippen LogP contribution is -2.89. The normalized spacial score (nSPS) is 27.1. The van der Waals surface area contributed by atoms with Crippen LogP contribution in [0.15, 0.2) is 66.7 Å². The van der Waals surface area contributed by atoms with Crippen molar-refractivity contribution in [1.29, 1.82) is 5.26 Å². The molecule has 310 valence electrons. The number of fused-ring (bicyclic) bond motifs is 1. The first-order valence-electron chi connectivity index (χ1n) is 20.9. The van der Waals surface area contributed by atoms with Gasteiger partial charge in [-0.3, -0.25) is 34.3 Å². The number of carbonyl (C=O) groups excluding carboxylic acids is 4. The van der Waals surface area contributed by atoms with Crippen LogP contribution in [-0.2, 0) is 9.59 Å². The number of nitrogens with one attached hydrogen (secondary N) is 2. The first-order chi connectivity index (χ1) is 28.2. The number of hydrogen-bond donors (Lipinski definition) is 2. The number of rotatable bonds is 9. The Balaban J connectivity index is 0.910. The quantitative estimate of drug-likeness (QED) is 0.249. The Kier molecular flexibility index (Phi) is 10.8. The van der Waals surface area contributed by atoms with Gasteiger partial charge in [0.2, 0.25) is 11.8 Å². The van der Waals surface area contributed by atoms with E-state index in [1.54, 1.807) is 23.1 Å². The molecular formula is C46H54ClN7O5. The molecule has 0 aromatic heterocycles. The number of benzene rings is 3. The first-order valence-corrected chi connectivity index (χ1v) is 21.3. The number of ether oxygens (including phenoxy) is 1. The number of anilines is 1. The maximum atomic E-state index is 14.0. The lowest BCUT2D eigenvalue weighted by Gasteiger charge is -2.74. The largest absolute Gasteiger partial charge is 0.489 e. The molecular weight excluding hydrogens is 766 g/mol. The standard InChI is InChI=1S/C46H54ClN7O5/c1-29-36-25-33(12-14-35(36)42(58)54(29)38-15-16-39(55)49-41(38)57)52-23-21-51(22-24-52)28-30-17-19-53(20-18-30)46(50-40(56)31-9-7-6-8-10-31)44(2,3)43(45(46,4)5)59-34-13-11-32(27-48)37(47)26-34/h6-14,25-26,29-30,38,43H,15-24,28H2,1-5H3,(H,50,56)(H,49,55,57)/t29-,38-,43?,46?/m1/s1. The topological polar surface area (TPSA) is 138 Å². The van der Waals surface area contributed by atoms with E-state index >= 15 is 0 Å². The van der Waals surface area contributed by atoms with Crippen molar-refractivity contribution in [3.63, 3.8) is 0 Å². The molecule has 5 aliphatic rings. The Labute approximate surface area is 351 Å². The fourth-order valence-corrected chi connectivity index (χ4v) is 11.5. The highest BCUT2D eigenvalue weighted by molar-refractivity contribution is 6.31. The Morgan fingerprint density at radius 2 is 1.61 bits per heavy atom. The van der Waals surface area contributed by atoms with Gasteiger partial charge in [0.1, 0.15) is 29.6 Å². The average molecular weight is 820 g/mol. The molecule has 1 aliphatic carbocycles. The van der Waals surface area contributed by atoms with E-state index in [0.29, 0.717) is 39.8 Å². The zero-order valence-electron chi connectivity index (χ0n) is 34.6. The number of imide groups is 1. The van der Waals surface area contributed by atoms with Crippen molar-refractivity contribution in [2.24, 2.45) is 16.7 Å². The molecule has 4 amide bonds. The van der Waals surface area contributed by atoms with Crippen LogP contribution in [0.5, 0.6) is 5.75 Å². The fourth-order valence-electron chi connectivity index (χ4n) is 11.3. The summed E-state index contributed by atoms with van der Waals surface area (Å²) in [7, 11) is 0. The number of piperidine rings is 2. The summed E-state index contributed by atoms with van der Waals surface area (Å²) in [5, 5.41) is 15.7. The van der Waals surface area contributed by atoms with E-state index in [-0.39, 0.29) is 36.3 Å². The van der Waals surface area contributed by atoms with Crippen LogP contribution in [0.25, 0.3) is 0 Å². The lowest BCUT2D eigenvalue weighted by molar-refractivity contribution is -0.290. The third-order valence-electron chi connectivity index (χ3n) is 14.1. The molecule has 0 spiro atoms. The molecule has 0 bridgehead atoms. The summed E-state index contributed by atoms with van der Waals surface area (Å²) in [4.78, 5) is 60.9. The van der Waals surface area contributed by atoms with Crippen molar-refractivity contribution < 1.29 is 23.9 Å². The maximum absolute atomic E-state index is 14.0. The second-order valence-corrected chi connectivity index (χ2v) is 18.5. The van der Waals surface area contributed by atoms with Crippen LogP contribution in [-0.4, -0.2) is 102 Å². The number of piperazine rings is 1. The summed E-state index contributed by atoms with van der Waals surface area (Å²) >= 11 is 6.41. The third-order valence-corrected chi connectivity index (χ3v) is 14.4. The predicted molar refractivity (Wildman–Crippen MR) is 225 cm³/mol. The minimum atomic E-state index is -0.707. The van der Waals surface area contributed by atoms with Crippen molar-refractivity contribution in [3.05, 3.63) is 94.0 Å². The molecule has 2 atom stereocenters. The number of amides is 4. The summed E-state index contributed by atoms with van der Waals surface area (Å²) in [6, 6.07) is 21.8. The lowest BCUT2D eigenvalue weighted by atomic mass is 9.43. The molecule has 3 aromatic rings. The highest BCUT2D eigenvalue weighted by Crippen LogP contribution is 2.64. The number of nitrogens with zero attached hydrogens (tertiary/aromatic N) is 5. The predicted octanol–water partition coefficient (Wildman–Crippen LogP) is 6.01. The summed E-state index contributed by atoms with van der Waals surface area (Å²) < 4.78 is 6.70. The van der Waals surface area contributed by atoms with E-state index in [2.05, 4.69) is 65.2 Å². The Morgan fingerprint density at radius 3 is 2.25 bits per heavy atom. The minimum Gasteiger partial charge on any atom is -0.489 e.